The first-order valence-corrected chi connectivity index (χ1v) is 5.70. The number of nitrogens with one attached hydrogen (secondary N) is 1. The summed E-state index contributed by atoms with van der Waals surface area (Å²) >= 11 is 0. The summed E-state index contributed by atoms with van der Waals surface area (Å²) in [5.41, 5.74) is 0. The number of hydrogen-bond donors (Lipinski definition) is 1. The molecule has 0 saturated carbocycles. The van der Waals surface area contributed by atoms with Gasteiger partial charge in [0, 0.05) is 14.1 Å². The van der Waals surface area contributed by atoms with Gasteiger partial charge in [-0.3, -0.25) is 4.68 Å². The topological polar surface area (TPSA) is 108 Å². The predicted molar refractivity (Wildman–Crippen MR) is 67.6 cm³/mol. The van der Waals surface area contributed by atoms with E-state index >= 15 is 0 Å². The van der Waals surface area contributed by atoms with Crippen LogP contribution in [0.5, 0.6) is 11.8 Å². The Hall–Kier alpha value is -3.04. The fourth-order valence-electron chi connectivity index (χ4n) is 1.47. The van der Waals surface area contributed by atoms with Crippen LogP contribution >= 0.6 is 0 Å². The fraction of sp³-hybridized carbons (Fsp3) is 0.200. The van der Waals surface area contributed by atoms with Gasteiger partial charge in [-0.05, 0) is 0 Å². The van der Waals surface area contributed by atoms with Gasteiger partial charge in [-0.2, -0.15) is 29.8 Å². The smallest absolute Gasteiger partial charge is 0.328 e. The van der Waals surface area contributed by atoms with E-state index in [0.29, 0.717) is 17.6 Å². The molecule has 0 radical (unpaired) electrons. The second-order valence-electron chi connectivity index (χ2n) is 3.78. The van der Waals surface area contributed by atoms with Gasteiger partial charge in [0.2, 0.25) is 5.95 Å². The lowest BCUT2D eigenvalue weighted by Crippen LogP contribution is -2.08. The zero-order valence-corrected chi connectivity index (χ0v) is 10.8. The maximum Gasteiger partial charge on any atom is 0.328 e. The quantitative estimate of drug-likeness (QED) is 0.708. The van der Waals surface area contributed by atoms with Crippen molar-refractivity contribution in [1.29, 1.82) is 0 Å². The molecule has 3 heterocycles. The summed E-state index contributed by atoms with van der Waals surface area (Å²) in [5.74, 6) is 1.20. The van der Waals surface area contributed by atoms with Crippen LogP contribution in [0.4, 0.5) is 5.95 Å². The van der Waals surface area contributed by atoms with Gasteiger partial charge in [0.25, 0.3) is 5.95 Å². The Balaban J connectivity index is 1.96. The van der Waals surface area contributed by atoms with E-state index in [1.165, 1.54) is 17.3 Å². The standard InChI is InChI=1S/C10H11N9O/c1-11-8-15-9(19-6-12-5-14-19)17-10(16-8)20-7-3-13-18(2)4-7/h3-6H,1-2H3,(H,11,15,16,17). The summed E-state index contributed by atoms with van der Waals surface area (Å²) in [6, 6.07) is 0.142. The van der Waals surface area contributed by atoms with Crippen LogP contribution in [0.1, 0.15) is 0 Å². The highest BCUT2D eigenvalue weighted by Gasteiger charge is 2.10. The minimum absolute atomic E-state index is 0.142. The van der Waals surface area contributed by atoms with Crippen molar-refractivity contribution in [2.24, 2.45) is 7.05 Å². The van der Waals surface area contributed by atoms with Gasteiger partial charge in [-0.15, -0.1) is 0 Å². The molecule has 20 heavy (non-hydrogen) atoms. The van der Waals surface area contributed by atoms with Gasteiger partial charge in [0.05, 0.1) is 12.4 Å². The molecule has 3 rings (SSSR count). The highest BCUT2D eigenvalue weighted by Crippen LogP contribution is 2.18. The van der Waals surface area contributed by atoms with Crippen molar-refractivity contribution in [3.63, 3.8) is 0 Å². The van der Waals surface area contributed by atoms with Crippen LogP contribution in [0.25, 0.3) is 5.95 Å². The van der Waals surface area contributed by atoms with Crippen LogP contribution in [0.2, 0.25) is 0 Å². The summed E-state index contributed by atoms with van der Waals surface area (Å²) in [4.78, 5) is 16.3. The molecule has 1 N–H and O–H groups in total. The monoisotopic (exact) mass is 273 g/mol. The molecule has 0 aliphatic heterocycles. The van der Waals surface area contributed by atoms with Gasteiger partial charge >= 0.3 is 6.01 Å². The molecule has 0 fully saturated rings. The highest BCUT2D eigenvalue weighted by molar-refractivity contribution is 5.30. The minimum Gasteiger partial charge on any atom is -0.421 e. The van der Waals surface area contributed by atoms with E-state index in [0.717, 1.165) is 0 Å². The Bertz CT molecular complexity index is 705. The van der Waals surface area contributed by atoms with Gasteiger partial charge in [-0.25, -0.2) is 4.98 Å². The maximum absolute atomic E-state index is 5.53. The average molecular weight is 273 g/mol. The summed E-state index contributed by atoms with van der Waals surface area (Å²) < 4.78 is 8.57. The Morgan fingerprint density at radius 2 is 2.10 bits per heavy atom. The van der Waals surface area contributed by atoms with Crippen molar-refractivity contribution >= 4 is 5.95 Å². The van der Waals surface area contributed by atoms with Gasteiger partial charge < -0.3 is 10.1 Å². The van der Waals surface area contributed by atoms with E-state index in [2.05, 4.69) is 35.5 Å². The molecule has 0 unspecified atom stereocenters. The zero-order valence-electron chi connectivity index (χ0n) is 10.8. The summed E-state index contributed by atoms with van der Waals surface area (Å²) in [6.07, 6.45) is 6.16. The summed E-state index contributed by atoms with van der Waals surface area (Å²) in [5, 5.41) is 10.8. The molecule has 0 aromatic carbocycles. The Kier molecular flexibility index (Phi) is 2.95. The molecule has 10 nitrogen and oxygen atoms in total. The lowest BCUT2D eigenvalue weighted by atomic mass is 10.6. The first kappa shape index (κ1) is 12.0. The molecule has 10 heteroatoms. The lowest BCUT2D eigenvalue weighted by Gasteiger charge is -2.05. The molecule has 0 saturated heterocycles. The maximum atomic E-state index is 5.53. The second kappa shape index (κ2) is 4.91. The van der Waals surface area contributed by atoms with Crippen molar-refractivity contribution in [2.75, 3.05) is 12.4 Å². The molecule has 3 aromatic rings. The highest BCUT2D eigenvalue weighted by atomic mass is 16.5. The van der Waals surface area contributed by atoms with Crippen LogP contribution in [0.3, 0.4) is 0 Å². The molecule has 0 atom stereocenters. The molecule has 0 aliphatic carbocycles. The van der Waals surface area contributed by atoms with Crippen molar-refractivity contribution in [3.8, 4) is 17.7 Å². The molecule has 0 aliphatic rings. The number of nitrogens with zero attached hydrogens (tertiary/aromatic N) is 8. The molecular weight excluding hydrogens is 262 g/mol. The Labute approximate surface area is 113 Å². The molecular formula is C10H11N9O. The third-order valence-electron chi connectivity index (χ3n) is 2.34. The van der Waals surface area contributed by atoms with Crippen LogP contribution in [-0.2, 0) is 7.05 Å². The normalized spacial score (nSPS) is 10.5. The third-order valence-corrected chi connectivity index (χ3v) is 2.34. The predicted octanol–water partition coefficient (Wildman–Crippen LogP) is 0.0198. The summed E-state index contributed by atoms with van der Waals surface area (Å²) in [7, 11) is 3.49. The van der Waals surface area contributed by atoms with E-state index in [9.17, 15) is 0 Å². The zero-order chi connectivity index (χ0) is 13.9. The van der Waals surface area contributed by atoms with Crippen LogP contribution < -0.4 is 10.1 Å². The van der Waals surface area contributed by atoms with Crippen molar-refractivity contribution in [2.45, 2.75) is 0 Å². The fourth-order valence-corrected chi connectivity index (χ4v) is 1.47. The van der Waals surface area contributed by atoms with E-state index in [-0.39, 0.29) is 6.01 Å². The molecule has 0 bridgehead atoms. The largest absolute Gasteiger partial charge is 0.421 e. The van der Waals surface area contributed by atoms with Crippen molar-refractivity contribution < 1.29 is 4.74 Å². The van der Waals surface area contributed by atoms with Gasteiger partial charge in [-0.1, -0.05) is 0 Å². The van der Waals surface area contributed by atoms with E-state index < -0.39 is 0 Å². The molecule has 0 amide bonds. The number of aromatic nitrogens is 8. The Morgan fingerprint density at radius 1 is 1.20 bits per heavy atom. The number of hydrogen-bond acceptors (Lipinski definition) is 8. The van der Waals surface area contributed by atoms with Crippen LogP contribution in [0.15, 0.2) is 25.0 Å². The Morgan fingerprint density at radius 3 is 2.75 bits per heavy atom. The SMILES string of the molecule is CNc1nc(Oc2cnn(C)c2)nc(-n2cncn2)n1. The number of rotatable bonds is 4. The molecule has 0 spiro atoms. The van der Waals surface area contributed by atoms with E-state index in [1.807, 2.05) is 0 Å². The van der Waals surface area contributed by atoms with Crippen molar-refractivity contribution in [3.05, 3.63) is 25.0 Å². The molecule has 102 valence electrons. The van der Waals surface area contributed by atoms with Crippen molar-refractivity contribution in [1.82, 2.24) is 39.5 Å². The minimum atomic E-state index is 0.142. The average Bonchev–Trinajstić information content (AvgIpc) is 3.10. The number of aryl methyl sites for hydroxylation is 1. The van der Waals surface area contributed by atoms with Crippen LogP contribution in [0, 0.1) is 0 Å². The summed E-state index contributed by atoms with van der Waals surface area (Å²) in [6.45, 7) is 0. The van der Waals surface area contributed by atoms with Gasteiger partial charge in [0.1, 0.15) is 12.7 Å². The molecule has 3 aromatic heterocycles. The van der Waals surface area contributed by atoms with Gasteiger partial charge in [0.15, 0.2) is 5.75 Å². The second-order valence-corrected chi connectivity index (χ2v) is 3.78. The number of anilines is 1. The van der Waals surface area contributed by atoms with E-state index in [4.69, 9.17) is 4.74 Å². The number of ether oxygens (including phenoxy) is 1. The van der Waals surface area contributed by atoms with E-state index in [1.54, 1.807) is 31.2 Å². The first-order chi connectivity index (χ1) is 9.74. The first-order valence-electron chi connectivity index (χ1n) is 5.70. The van der Waals surface area contributed by atoms with Crippen LogP contribution in [-0.4, -0.2) is 46.5 Å². The third kappa shape index (κ3) is 2.39. The lowest BCUT2D eigenvalue weighted by molar-refractivity contribution is 0.438.